The van der Waals surface area contributed by atoms with Crippen molar-refractivity contribution in [3.05, 3.63) is 89.4 Å². The number of rotatable bonds is 11. The van der Waals surface area contributed by atoms with Crippen LogP contribution in [0.15, 0.2) is 83.8 Å². The van der Waals surface area contributed by atoms with E-state index in [1.54, 1.807) is 32.0 Å². The molecule has 10 heteroatoms. The van der Waals surface area contributed by atoms with Crippen molar-refractivity contribution in [2.75, 3.05) is 24.5 Å². The average molecular weight is 544 g/mol. The number of carbonyl (C=O) groups is 2. The monoisotopic (exact) mass is 543 g/mol. The third-order valence-electron chi connectivity index (χ3n) is 5.74. The smallest absolute Gasteiger partial charge is 0.264 e. The number of methoxy groups -OCH3 is 1. The molecular weight excluding hydrogens is 514 g/mol. The first-order valence-corrected chi connectivity index (χ1v) is 13.5. The van der Waals surface area contributed by atoms with E-state index in [-0.39, 0.29) is 23.0 Å². The van der Waals surface area contributed by atoms with Crippen LogP contribution in [0, 0.1) is 0 Å². The van der Waals surface area contributed by atoms with Crippen LogP contribution < -0.4 is 14.4 Å². The molecule has 8 nitrogen and oxygen atoms in total. The van der Waals surface area contributed by atoms with Gasteiger partial charge in [-0.25, -0.2) is 8.42 Å². The van der Waals surface area contributed by atoms with Gasteiger partial charge in [0.05, 0.1) is 17.7 Å². The number of nitrogens with zero attached hydrogens (tertiary/aromatic N) is 2. The van der Waals surface area contributed by atoms with Gasteiger partial charge in [0.2, 0.25) is 11.8 Å². The fourth-order valence-corrected chi connectivity index (χ4v) is 5.31. The topological polar surface area (TPSA) is 96.0 Å². The van der Waals surface area contributed by atoms with E-state index >= 15 is 0 Å². The van der Waals surface area contributed by atoms with Gasteiger partial charge in [0.1, 0.15) is 18.3 Å². The number of likely N-dealkylation sites (N-methyl/N-ethyl adjacent to an activating group) is 1. The lowest BCUT2D eigenvalue weighted by atomic mass is 10.1. The Balaban J connectivity index is 2.02. The number of carbonyl (C=O) groups excluding carboxylic acids is 2. The van der Waals surface area contributed by atoms with Crippen molar-refractivity contribution in [3.63, 3.8) is 0 Å². The molecule has 0 unspecified atom stereocenters. The molecule has 0 heterocycles. The van der Waals surface area contributed by atoms with Crippen LogP contribution in [0.1, 0.15) is 19.4 Å². The summed E-state index contributed by atoms with van der Waals surface area (Å²) in [5.41, 5.74) is 1.03. The van der Waals surface area contributed by atoms with Gasteiger partial charge in [-0.2, -0.15) is 0 Å². The maximum absolute atomic E-state index is 13.8. The molecule has 0 spiro atoms. The van der Waals surface area contributed by atoms with Crippen molar-refractivity contribution in [3.8, 4) is 5.75 Å². The van der Waals surface area contributed by atoms with Crippen molar-refractivity contribution in [2.45, 2.75) is 31.3 Å². The Hall–Kier alpha value is -3.56. The highest BCUT2D eigenvalue weighted by molar-refractivity contribution is 7.92. The Labute approximate surface area is 222 Å². The Morgan fingerprint density at radius 2 is 1.68 bits per heavy atom. The van der Waals surface area contributed by atoms with Crippen LogP contribution in [0.4, 0.5) is 5.69 Å². The summed E-state index contributed by atoms with van der Waals surface area (Å²) in [7, 11) is -2.70. The minimum absolute atomic E-state index is 0.0209. The molecule has 0 saturated carbocycles. The van der Waals surface area contributed by atoms with E-state index < -0.39 is 28.5 Å². The second-order valence-corrected chi connectivity index (χ2v) is 10.5. The molecule has 1 atom stereocenters. The van der Waals surface area contributed by atoms with Gasteiger partial charge in [0, 0.05) is 18.1 Å². The highest BCUT2D eigenvalue weighted by Gasteiger charge is 2.32. The lowest BCUT2D eigenvalue weighted by molar-refractivity contribution is -0.139. The molecule has 0 fully saturated rings. The van der Waals surface area contributed by atoms with Crippen LogP contribution in [0.2, 0.25) is 5.02 Å². The molecule has 0 aliphatic rings. The molecule has 0 saturated heterocycles. The normalized spacial score (nSPS) is 11.9. The number of benzene rings is 3. The Bertz CT molecular complexity index is 1320. The minimum atomic E-state index is -4.18. The lowest BCUT2D eigenvalue weighted by Crippen LogP contribution is -2.51. The number of hydrogen-bond acceptors (Lipinski definition) is 5. The SMILES string of the molecule is CCNC(=O)[C@@H](C)N(Cc1ccccc1)C(=O)CN(c1cccc(Cl)c1)S(=O)(=O)c1ccc(OC)cc1. The quantitative estimate of drug-likeness (QED) is 0.393. The number of nitrogens with one attached hydrogen (secondary N) is 1. The average Bonchev–Trinajstić information content (AvgIpc) is 2.90. The number of hydrogen-bond donors (Lipinski definition) is 1. The van der Waals surface area contributed by atoms with Crippen molar-refractivity contribution < 1.29 is 22.7 Å². The molecule has 3 rings (SSSR count). The summed E-state index contributed by atoms with van der Waals surface area (Å²) in [6.07, 6.45) is 0. The Morgan fingerprint density at radius 1 is 1.00 bits per heavy atom. The molecule has 2 amide bonds. The predicted octanol–water partition coefficient (Wildman–Crippen LogP) is 4.10. The number of halogens is 1. The zero-order valence-corrected chi connectivity index (χ0v) is 22.5. The van der Waals surface area contributed by atoms with E-state index in [0.717, 1.165) is 9.87 Å². The summed E-state index contributed by atoms with van der Waals surface area (Å²) in [5, 5.41) is 3.05. The molecule has 0 aromatic heterocycles. The third-order valence-corrected chi connectivity index (χ3v) is 7.76. The van der Waals surface area contributed by atoms with E-state index in [2.05, 4.69) is 5.32 Å². The summed E-state index contributed by atoms with van der Waals surface area (Å²) in [5.74, 6) is -0.382. The van der Waals surface area contributed by atoms with Crippen LogP contribution in [0.3, 0.4) is 0 Å². The number of anilines is 1. The molecule has 0 radical (unpaired) electrons. The number of ether oxygens (including phenoxy) is 1. The third kappa shape index (κ3) is 7.02. The molecule has 37 heavy (non-hydrogen) atoms. The highest BCUT2D eigenvalue weighted by atomic mass is 35.5. The first-order chi connectivity index (χ1) is 17.7. The van der Waals surface area contributed by atoms with Gasteiger partial charge in [0.15, 0.2) is 0 Å². The lowest BCUT2D eigenvalue weighted by Gasteiger charge is -2.32. The molecule has 3 aromatic carbocycles. The van der Waals surface area contributed by atoms with Gasteiger partial charge >= 0.3 is 0 Å². The molecule has 3 aromatic rings. The summed E-state index contributed by atoms with van der Waals surface area (Å²) in [4.78, 5) is 27.8. The number of amides is 2. The van der Waals surface area contributed by atoms with Crippen molar-refractivity contribution in [1.29, 1.82) is 0 Å². The van der Waals surface area contributed by atoms with Gasteiger partial charge in [-0.05, 0) is 61.9 Å². The molecule has 1 N–H and O–H groups in total. The Morgan fingerprint density at radius 3 is 2.27 bits per heavy atom. The van der Waals surface area contributed by atoms with E-state index in [4.69, 9.17) is 16.3 Å². The fourth-order valence-electron chi connectivity index (χ4n) is 3.72. The van der Waals surface area contributed by atoms with E-state index in [0.29, 0.717) is 17.3 Å². The van der Waals surface area contributed by atoms with Crippen molar-refractivity contribution >= 4 is 39.1 Å². The summed E-state index contributed by atoms with van der Waals surface area (Å²) >= 11 is 6.17. The van der Waals surface area contributed by atoms with Gasteiger partial charge in [-0.1, -0.05) is 48.0 Å². The first kappa shape index (κ1) is 28.0. The zero-order chi connectivity index (χ0) is 27.0. The van der Waals surface area contributed by atoms with E-state index in [1.165, 1.54) is 42.3 Å². The predicted molar refractivity (Wildman–Crippen MR) is 144 cm³/mol. The van der Waals surface area contributed by atoms with Crippen LogP contribution in [0.5, 0.6) is 5.75 Å². The molecule has 0 aliphatic carbocycles. The van der Waals surface area contributed by atoms with E-state index in [1.807, 2.05) is 30.3 Å². The molecule has 0 aliphatic heterocycles. The van der Waals surface area contributed by atoms with E-state index in [9.17, 15) is 18.0 Å². The fraction of sp³-hybridized carbons (Fsp3) is 0.259. The maximum Gasteiger partial charge on any atom is 0.264 e. The number of sulfonamides is 1. The Kier molecular flexibility index (Phi) is 9.54. The van der Waals surface area contributed by atoms with Crippen LogP contribution in [-0.4, -0.2) is 51.4 Å². The molecule has 196 valence electrons. The van der Waals surface area contributed by atoms with Crippen LogP contribution in [0.25, 0.3) is 0 Å². The van der Waals surface area contributed by atoms with Crippen LogP contribution in [-0.2, 0) is 26.2 Å². The van der Waals surface area contributed by atoms with Crippen LogP contribution >= 0.6 is 11.6 Å². The summed E-state index contributed by atoms with van der Waals surface area (Å²) in [6.45, 7) is 3.40. The minimum Gasteiger partial charge on any atom is -0.497 e. The van der Waals surface area contributed by atoms with Crippen molar-refractivity contribution in [2.24, 2.45) is 0 Å². The summed E-state index contributed by atoms with van der Waals surface area (Å²) < 4.78 is 33.7. The standard InChI is InChI=1S/C27H30ClN3O5S/c1-4-29-27(33)20(2)30(18-21-9-6-5-7-10-21)26(32)19-31(23-12-8-11-22(28)17-23)37(34,35)25-15-13-24(36-3)14-16-25/h5-17,20H,4,18-19H2,1-3H3,(H,29,33)/t20-/m1/s1. The van der Waals surface area contributed by atoms with Gasteiger partial charge in [-0.3, -0.25) is 13.9 Å². The van der Waals surface area contributed by atoms with Gasteiger partial charge in [-0.15, -0.1) is 0 Å². The zero-order valence-electron chi connectivity index (χ0n) is 20.9. The maximum atomic E-state index is 13.8. The second kappa shape index (κ2) is 12.6. The van der Waals surface area contributed by atoms with Gasteiger partial charge in [0.25, 0.3) is 10.0 Å². The largest absolute Gasteiger partial charge is 0.497 e. The highest BCUT2D eigenvalue weighted by Crippen LogP contribution is 2.27. The first-order valence-electron chi connectivity index (χ1n) is 11.7. The molecule has 0 bridgehead atoms. The van der Waals surface area contributed by atoms with Gasteiger partial charge < -0.3 is 15.0 Å². The summed E-state index contributed by atoms with van der Waals surface area (Å²) in [6, 6.07) is 20.5. The second-order valence-electron chi connectivity index (χ2n) is 8.24. The molecular formula is C27H30ClN3O5S. The van der Waals surface area contributed by atoms with Crippen molar-refractivity contribution in [1.82, 2.24) is 10.2 Å².